The Balaban J connectivity index is 1.71. The standard InChI is InChI=1S/C19H17ClN2O3S/c1-25-18-9-11-19(12-10-18)26(23,24)22-16-7-5-15(6-8-16)21-17-4-2-3-14(20)13-17/h2-13,21-22H,1H3. The van der Waals surface area contributed by atoms with E-state index in [0.29, 0.717) is 16.5 Å². The number of hydrogen-bond acceptors (Lipinski definition) is 4. The minimum Gasteiger partial charge on any atom is -0.497 e. The van der Waals surface area contributed by atoms with Gasteiger partial charge in [0.15, 0.2) is 0 Å². The van der Waals surface area contributed by atoms with Crippen molar-refractivity contribution in [3.63, 3.8) is 0 Å². The van der Waals surface area contributed by atoms with Crippen LogP contribution < -0.4 is 14.8 Å². The van der Waals surface area contributed by atoms with Gasteiger partial charge in [-0.05, 0) is 66.7 Å². The molecule has 2 N–H and O–H groups in total. The van der Waals surface area contributed by atoms with Crippen LogP contribution in [0.3, 0.4) is 0 Å². The van der Waals surface area contributed by atoms with Crippen molar-refractivity contribution in [2.24, 2.45) is 0 Å². The van der Waals surface area contributed by atoms with E-state index in [9.17, 15) is 8.42 Å². The van der Waals surface area contributed by atoms with Crippen molar-refractivity contribution in [2.75, 3.05) is 17.1 Å². The average molecular weight is 389 g/mol. The average Bonchev–Trinajstić information content (AvgIpc) is 2.63. The fourth-order valence-corrected chi connectivity index (χ4v) is 3.57. The van der Waals surface area contributed by atoms with Gasteiger partial charge in [0.05, 0.1) is 12.0 Å². The van der Waals surface area contributed by atoms with E-state index in [1.807, 2.05) is 18.2 Å². The number of halogens is 1. The summed E-state index contributed by atoms with van der Waals surface area (Å²) in [6.07, 6.45) is 0. The van der Waals surface area contributed by atoms with Gasteiger partial charge in [-0.15, -0.1) is 0 Å². The minimum absolute atomic E-state index is 0.166. The van der Waals surface area contributed by atoms with Gasteiger partial charge in [-0.3, -0.25) is 4.72 Å². The molecule has 5 nitrogen and oxygen atoms in total. The number of benzene rings is 3. The van der Waals surface area contributed by atoms with Gasteiger partial charge in [0, 0.05) is 22.1 Å². The van der Waals surface area contributed by atoms with E-state index in [-0.39, 0.29) is 4.90 Å². The molecule has 0 bridgehead atoms. The summed E-state index contributed by atoms with van der Waals surface area (Å²) in [5, 5.41) is 3.84. The maximum absolute atomic E-state index is 12.4. The second kappa shape index (κ2) is 7.68. The first kappa shape index (κ1) is 18.1. The zero-order valence-electron chi connectivity index (χ0n) is 13.9. The third-order valence-electron chi connectivity index (χ3n) is 3.62. The molecule has 0 saturated heterocycles. The van der Waals surface area contributed by atoms with Gasteiger partial charge in [-0.1, -0.05) is 17.7 Å². The lowest BCUT2D eigenvalue weighted by molar-refractivity contribution is 0.414. The molecule has 0 spiro atoms. The molecule has 0 aromatic heterocycles. The summed E-state index contributed by atoms with van der Waals surface area (Å²) in [7, 11) is -2.13. The van der Waals surface area contributed by atoms with E-state index in [2.05, 4.69) is 10.0 Å². The Bertz CT molecular complexity index is 988. The highest BCUT2D eigenvalue weighted by molar-refractivity contribution is 7.92. The van der Waals surface area contributed by atoms with Crippen LogP contribution in [0.2, 0.25) is 5.02 Å². The molecular formula is C19H17ClN2O3S. The van der Waals surface area contributed by atoms with Crippen LogP contribution in [0.25, 0.3) is 0 Å². The molecule has 0 fully saturated rings. The highest BCUT2D eigenvalue weighted by Crippen LogP contribution is 2.23. The minimum atomic E-state index is -3.66. The molecule has 0 amide bonds. The molecule has 0 saturated carbocycles. The fourth-order valence-electron chi connectivity index (χ4n) is 2.32. The molecule has 0 aliphatic rings. The Morgan fingerprint density at radius 2 is 1.50 bits per heavy atom. The summed E-state index contributed by atoms with van der Waals surface area (Å²) in [6, 6.07) is 20.5. The lowest BCUT2D eigenvalue weighted by Crippen LogP contribution is -2.12. The summed E-state index contributed by atoms with van der Waals surface area (Å²) in [5.41, 5.74) is 2.14. The molecule has 134 valence electrons. The maximum atomic E-state index is 12.4. The Labute approximate surface area is 157 Å². The van der Waals surface area contributed by atoms with E-state index in [1.165, 1.54) is 19.2 Å². The number of methoxy groups -OCH3 is 1. The van der Waals surface area contributed by atoms with Gasteiger partial charge in [0.25, 0.3) is 10.0 Å². The quantitative estimate of drug-likeness (QED) is 0.630. The van der Waals surface area contributed by atoms with E-state index < -0.39 is 10.0 Å². The molecule has 0 aliphatic heterocycles. The van der Waals surface area contributed by atoms with Gasteiger partial charge < -0.3 is 10.1 Å². The molecule has 0 radical (unpaired) electrons. The number of hydrogen-bond donors (Lipinski definition) is 2. The largest absolute Gasteiger partial charge is 0.497 e. The predicted octanol–water partition coefficient (Wildman–Crippen LogP) is 4.89. The summed E-state index contributed by atoms with van der Waals surface area (Å²) in [6.45, 7) is 0. The highest BCUT2D eigenvalue weighted by Gasteiger charge is 2.14. The molecule has 3 aromatic rings. The van der Waals surface area contributed by atoms with E-state index >= 15 is 0 Å². The van der Waals surface area contributed by atoms with Gasteiger partial charge >= 0.3 is 0 Å². The highest BCUT2D eigenvalue weighted by atomic mass is 35.5. The van der Waals surface area contributed by atoms with Crippen LogP contribution in [0.15, 0.2) is 77.7 Å². The molecule has 26 heavy (non-hydrogen) atoms. The van der Waals surface area contributed by atoms with Crippen molar-refractivity contribution in [3.8, 4) is 5.75 Å². The van der Waals surface area contributed by atoms with Crippen molar-refractivity contribution < 1.29 is 13.2 Å². The summed E-state index contributed by atoms with van der Waals surface area (Å²) < 4.78 is 32.5. The zero-order valence-corrected chi connectivity index (χ0v) is 15.5. The summed E-state index contributed by atoms with van der Waals surface area (Å²) in [4.78, 5) is 0.166. The van der Waals surface area contributed by atoms with Crippen molar-refractivity contribution in [3.05, 3.63) is 77.8 Å². The molecule has 7 heteroatoms. The summed E-state index contributed by atoms with van der Waals surface area (Å²) >= 11 is 5.96. The first-order valence-corrected chi connectivity index (χ1v) is 9.62. The molecule has 0 unspecified atom stereocenters. The number of anilines is 3. The van der Waals surface area contributed by atoms with Crippen molar-refractivity contribution in [1.82, 2.24) is 0 Å². The number of sulfonamides is 1. The predicted molar refractivity (Wildman–Crippen MR) is 105 cm³/mol. The van der Waals surface area contributed by atoms with Crippen LogP contribution in [0.5, 0.6) is 5.75 Å². The first-order valence-electron chi connectivity index (χ1n) is 7.76. The molecule has 3 aromatic carbocycles. The van der Waals surface area contributed by atoms with Crippen LogP contribution in [-0.2, 0) is 10.0 Å². The number of ether oxygens (including phenoxy) is 1. The third-order valence-corrected chi connectivity index (χ3v) is 5.25. The Hall–Kier alpha value is -2.70. The number of nitrogens with one attached hydrogen (secondary N) is 2. The third kappa shape index (κ3) is 4.47. The SMILES string of the molecule is COc1ccc(S(=O)(=O)Nc2ccc(Nc3cccc(Cl)c3)cc2)cc1. The van der Waals surface area contributed by atoms with Crippen LogP contribution >= 0.6 is 11.6 Å². The van der Waals surface area contributed by atoms with Crippen molar-refractivity contribution >= 4 is 38.7 Å². The smallest absolute Gasteiger partial charge is 0.261 e. The first-order chi connectivity index (χ1) is 12.5. The Morgan fingerprint density at radius 1 is 0.846 bits per heavy atom. The normalized spacial score (nSPS) is 11.0. The monoisotopic (exact) mass is 388 g/mol. The van der Waals surface area contributed by atoms with Gasteiger partial charge in [-0.2, -0.15) is 0 Å². The molecular weight excluding hydrogens is 372 g/mol. The lowest BCUT2D eigenvalue weighted by atomic mass is 10.2. The van der Waals surface area contributed by atoms with E-state index in [0.717, 1.165) is 11.4 Å². The fraction of sp³-hybridized carbons (Fsp3) is 0.0526. The van der Waals surface area contributed by atoms with Gasteiger partial charge in [0.1, 0.15) is 5.75 Å². The summed E-state index contributed by atoms with van der Waals surface area (Å²) in [5.74, 6) is 0.598. The number of rotatable bonds is 6. The van der Waals surface area contributed by atoms with E-state index in [1.54, 1.807) is 42.5 Å². The zero-order chi connectivity index (χ0) is 18.6. The molecule has 3 rings (SSSR count). The topological polar surface area (TPSA) is 67.4 Å². The second-order valence-corrected chi connectivity index (χ2v) is 7.61. The lowest BCUT2D eigenvalue weighted by Gasteiger charge is -2.11. The van der Waals surface area contributed by atoms with Crippen molar-refractivity contribution in [2.45, 2.75) is 4.90 Å². The second-order valence-electron chi connectivity index (χ2n) is 5.49. The van der Waals surface area contributed by atoms with Crippen LogP contribution in [0.1, 0.15) is 0 Å². The maximum Gasteiger partial charge on any atom is 0.261 e. The molecule has 0 heterocycles. The van der Waals surface area contributed by atoms with Crippen LogP contribution in [0, 0.1) is 0 Å². The van der Waals surface area contributed by atoms with Gasteiger partial charge in [0.2, 0.25) is 0 Å². The molecule has 0 atom stereocenters. The Morgan fingerprint density at radius 3 is 2.12 bits per heavy atom. The van der Waals surface area contributed by atoms with Gasteiger partial charge in [-0.25, -0.2) is 8.42 Å². The van der Waals surface area contributed by atoms with Crippen molar-refractivity contribution in [1.29, 1.82) is 0 Å². The Kier molecular flexibility index (Phi) is 5.35. The van der Waals surface area contributed by atoms with Crippen LogP contribution in [0.4, 0.5) is 17.1 Å². The van der Waals surface area contributed by atoms with E-state index in [4.69, 9.17) is 16.3 Å². The molecule has 0 aliphatic carbocycles. The van der Waals surface area contributed by atoms with Crippen LogP contribution in [-0.4, -0.2) is 15.5 Å².